The molecule has 1 N–H and O–H groups in total. The normalized spacial score (nSPS) is 26.0. The first-order chi connectivity index (χ1) is 14.4. The van der Waals surface area contributed by atoms with Crippen LogP contribution in [0.3, 0.4) is 0 Å². The van der Waals surface area contributed by atoms with Crippen LogP contribution in [0.25, 0.3) is 0 Å². The second-order valence-electron chi connectivity index (χ2n) is 8.26. The van der Waals surface area contributed by atoms with Crippen molar-refractivity contribution in [3.8, 4) is 5.75 Å². The predicted molar refractivity (Wildman–Crippen MR) is 109 cm³/mol. The summed E-state index contributed by atoms with van der Waals surface area (Å²) in [5.41, 5.74) is 0. The molecule has 3 saturated heterocycles. The standard InChI is InChI=1S/C21H27ClFN3O4/c1-13(30-18-3-2-15(23)10-16(18)22)14-4-7-25(8-5-14)21(28)26-9-6-19-17(11-26)24-20(27)12-29-19/h2-3,10,13-14,17,19H,4-9,11-12H2,1H3,(H,24,27)/t13-,17+,19-/m0/s1. The Morgan fingerprint density at radius 1 is 1.27 bits per heavy atom. The molecular weight excluding hydrogens is 413 g/mol. The molecule has 3 aliphatic rings. The molecule has 3 amide bonds. The van der Waals surface area contributed by atoms with Crippen molar-refractivity contribution < 1.29 is 23.5 Å². The summed E-state index contributed by atoms with van der Waals surface area (Å²) in [5.74, 6) is 0.243. The molecule has 0 unspecified atom stereocenters. The third-order valence-corrected chi connectivity index (χ3v) is 6.57. The fourth-order valence-corrected chi connectivity index (χ4v) is 4.71. The molecule has 4 rings (SSSR count). The third-order valence-electron chi connectivity index (χ3n) is 6.28. The van der Waals surface area contributed by atoms with E-state index in [1.165, 1.54) is 12.1 Å². The van der Waals surface area contributed by atoms with Gasteiger partial charge in [0.1, 0.15) is 18.2 Å². The minimum absolute atomic E-state index is 0.00577. The molecule has 0 spiro atoms. The van der Waals surface area contributed by atoms with Crippen molar-refractivity contribution in [2.24, 2.45) is 5.92 Å². The monoisotopic (exact) mass is 439 g/mol. The predicted octanol–water partition coefficient (Wildman–Crippen LogP) is 2.67. The maximum atomic E-state index is 13.2. The van der Waals surface area contributed by atoms with E-state index in [1.54, 1.807) is 6.07 Å². The number of halogens is 2. The molecule has 1 aromatic rings. The van der Waals surface area contributed by atoms with Crippen LogP contribution < -0.4 is 10.1 Å². The van der Waals surface area contributed by atoms with Crippen molar-refractivity contribution in [2.75, 3.05) is 32.8 Å². The van der Waals surface area contributed by atoms with Crippen molar-refractivity contribution in [1.29, 1.82) is 0 Å². The van der Waals surface area contributed by atoms with Gasteiger partial charge >= 0.3 is 6.03 Å². The zero-order chi connectivity index (χ0) is 21.3. The Morgan fingerprint density at radius 2 is 2.00 bits per heavy atom. The summed E-state index contributed by atoms with van der Waals surface area (Å²) in [6.07, 6.45) is 2.29. The van der Waals surface area contributed by atoms with Crippen LogP contribution in [-0.4, -0.2) is 72.8 Å². The summed E-state index contributed by atoms with van der Waals surface area (Å²) < 4.78 is 24.7. The molecule has 0 saturated carbocycles. The first-order valence-corrected chi connectivity index (χ1v) is 10.8. The van der Waals surface area contributed by atoms with Gasteiger partial charge in [0, 0.05) is 26.2 Å². The summed E-state index contributed by atoms with van der Waals surface area (Å²) in [7, 11) is 0. The number of urea groups is 1. The van der Waals surface area contributed by atoms with Gasteiger partial charge in [-0.05, 0) is 50.3 Å². The van der Waals surface area contributed by atoms with E-state index in [0.717, 1.165) is 19.3 Å². The number of carbonyl (C=O) groups is 2. The number of nitrogens with one attached hydrogen (secondary N) is 1. The van der Waals surface area contributed by atoms with Gasteiger partial charge in [-0.3, -0.25) is 4.79 Å². The fraction of sp³-hybridized carbons (Fsp3) is 0.619. The summed E-state index contributed by atoms with van der Waals surface area (Å²) >= 11 is 6.06. The van der Waals surface area contributed by atoms with Crippen LogP contribution in [0.15, 0.2) is 18.2 Å². The van der Waals surface area contributed by atoms with Gasteiger partial charge in [0.05, 0.1) is 23.3 Å². The number of benzene rings is 1. The van der Waals surface area contributed by atoms with E-state index >= 15 is 0 Å². The average molecular weight is 440 g/mol. The summed E-state index contributed by atoms with van der Waals surface area (Å²) in [6.45, 7) is 4.52. The first-order valence-electron chi connectivity index (χ1n) is 10.5. The highest BCUT2D eigenvalue weighted by atomic mass is 35.5. The van der Waals surface area contributed by atoms with E-state index in [4.69, 9.17) is 21.1 Å². The molecule has 0 bridgehead atoms. The van der Waals surface area contributed by atoms with Gasteiger partial charge in [-0.25, -0.2) is 9.18 Å². The van der Waals surface area contributed by atoms with Crippen LogP contribution in [-0.2, 0) is 9.53 Å². The van der Waals surface area contributed by atoms with Gasteiger partial charge in [-0.2, -0.15) is 0 Å². The van der Waals surface area contributed by atoms with Gasteiger partial charge in [0.25, 0.3) is 0 Å². The van der Waals surface area contributed by atoms with Crippen LogP contribution in [0.4, 0.5) is 9.18 Å². The van der Waals surface area contributed by atoms with Gasteiger partial charge in [0.2, 0.25) is 5.91 Å². The average Bonchev–Trinajstić information content (AvgIpc) is 2.74. The molecule has 9 heteroatoms. The minimum Gasteiger partial charge on any atom is -0.489 e. The van der Waals surface area contributed by atoms with Crippen molar-refractivity contribution in [2.45, 2.75) is 44.4 Å². The Bertz CT molecular complexity index is 802. The van der Waals surface area contributed by atoms with Crippen molar-refractivity contribution >= 4 is 23.5 Å². The Balaban J connectivity index is 1.27. The lowest BCUT2D eigenvalue weighted by atomic mass is 9.92. The van der Waals surface area contributed by atoms with E-state index < -0.39 is 5.82 Å². The summed E-state index contributed by atoms with van der Waals surface area (Å²) in [5, 5.41) is 3.19. The molecule has 0 aliphatic carbocycles. The summed E-state index contributed by atoms with van der Waals surface area (Å²) in [6, 6.07) is 4.01. The number of rotatable bonds is 3. The Hall–Kier alpha value is -2.06. The molecule has 3 atom stereocenters. The molecular formula is C21H27ClFN3O4. The number of morpholine rings is 1. The lowest BCUT2D eigenvalue weighted by Crippen LogP contribution is -2.62. The van der Waals surface area contributed by atoms with Crippen LogP contribution >= 0.6 is 11.6 Å². The number of hydrogen-bond donors (Lipinski definition) is 1. The number of ether oxygens (including phenoxy) is 2. The second-order valence-corrected chi connectivity index (χ2v) is 8.67. The quantitative estimate of drug-likeness (QED) is 0.786. The summed E-state index contributed by atoms with van der Waals surface area (Å²) in [4.78, 5) is 28.2. The molecule has 1 aromatic carbocycles. The molecule has 3 aliphatic heterocycles. The van der Waals surface area contributed by atoms with Crippen LogP contribution in [0.1, 0.15) is 26.2 Å². The second kappa shape index (κ2) is 8.98. The molecule has 7 nitrogen and oxygen atoms in total. The maximum Gasteiger partial charge on any atom is 0.320 e. The Labute approximate surface area is 180 Å². The van der Waals surface area contributed by atoms with Crippen molar-refractivity contribution in [1.82, 2.24) is 15.1 Å². The largest absolute Gasteiger partial charge is 0.489 e. The van der Waals surface area contributed by atoms with Crippen LogP contribution in [0.2, 0.25) is 5.02 Å². The highest BCUT2D eigenvalue weighted by Crippen LogP contribution is 2.30. The first kappa shape index (κ1) is 21.2. The number of fused-ring (bicyclic) bond motifs is 1. The number of piperidine rings is 2. The fourth-order valence-electron chi connectivity index (χ4n) is 4.50. The van der Waals surface area contributed by atoms with Crippen LogP contribution in [0.5, 0.6) is 5.75 Å². The lowest BCUT2D eigenvalue weighted by molar-refractivity contribution is -0.139. The molecule has 0 aromatic heterocycles. The molecule has 30 heavy (non-hydrogen) atoms. The van der Waals surface area contributed by atoms with Gasteiger partial charge < -0.3 is 24.6 Å². The highest BCUT2D eigenvalue weighted by Gasteiger charge is 2.38. The van der Waals surface area contributed by atoms with E-state index in [0.29, 0.717) is 31.9 Å². The third kappa shape index (κ3) is 4.64. The SMILES string of the molecule is C[C@H](Oc1ccc(F)cc1Cl)C1CCN(C(=O)N2CC[C@@H]3OCC(=O)N[C@@H]3C2)CC1. The van der Waals surface area contributed by atoms with E-state index in [-0.39, 0.29) is 47.7 Å². The zero-order valence-corrected chi connectivity index (χ0v) is 17.7. The topological polar surface area (TPSA) is 71.1 Å². The van der Waals surface area contributed by atoms with Crippen molar-refractivity contribution in [3.63, 3.8) is 0 Å². The molecule has 3 fully saturated rings. The smallest absolute Gasteiger partial charge is 0.320 e. The minimum atomic E-state index is -0.393. The number of likely N-dealkylation sites (tertiary alicyclic amines) is 2. The van der Waals surface area contributed by atoms with E-state index in [9.17, 15) is 14.0 Å². The molecule has 164 valence electrons. The zero-order valence-electron chi connectivity index (χ0n) is 17.0. The maximum absolute atomic E-state index is 13.2. The number of carbonyl (C=O) groups excluding carboxylic acids is 2. The molecule has 0 radical (unpaired) electrons. The van der Waals surface area contributed by atoms with Crippen LogP contribution in [0, 0.1) is 11.7 Å². The van der Waals surface area contributed by atoms with Gasteiger partial charge in [-0.15, -0.1) is 0 Å². The highest BCUT2D eigenvalue weighted by molar-refractivity contribution is 6.32. The Morgan fingerprint density at radius 3 is 2.73 bits per heavy atom. The Kier molecular flexibility index (Phi) is 6.34. The van der Waals surface area contributed by atoms with Gasteiger partial charge in [-0.1, -0.05) is 11.6 Å². The van der Waals surface area contributed by atoms with E-state index in [1.807, 2.05) is 16.7 Å². The lowest BCUT2D eigenvalue weighted by Gasteiger charge is -2.43. The van der Waals surface area contributed by atoms with Crippen molar-refractivity contribution in [3.05, 3.63) is 29.0 Å². The number of nitrogens with zero attached hydrogens (tertiary/aromatic N) is 2. The number of amides is 3. The molecule has 3 heterocycles. The van der Waals surface area contributed by atoms with E-state index in [2.05, 4.69) is 5.32 Å². The number of hydrogen-bond acceptors (Lipinski definition) is 4. The van der Waals surface area contributed by atoms with Gasteiger partial charge in [0.15, 0.2) is 0 Å².